The summed E-state index contributed by atoms with van der Waals surface area (Å²) in [6, 6.07) is 0. The molecule has 0 radical (unpaired) electrons. The number of hydrogen-bond acceptors (Lipinski definition) is 2. The predicted octanol–water partition coefficient (Wildman–Crippen LogP) is 6.73. The zero-order valence-corrected chi connectivity index (χ0v) is 20.9. The van der Waals surface area contributed by atoms with Crippen molar-refractivity contribution in [3.63, 3.8) is 0 Å². The lowest BCUT2D eigenvalue weighted by Crippen LogP contribution is -2.57. The van der Waals surface area contributed by atoms with E-state index in [-0.39, 0.29) is 5.92 Å². The van der Waals surface area contributed by atoms with Gasteiger partial charge in [-0.3, -0.25) is 0 Å². The van der Waals surface area contributed by atoms with Gasteiger partial charge in [0.05, 0.1) is 8.85 Å². The minimum absolute atomic E-state index is 0.0268. The number of allylic oxidation sites excluding steroid dienone is 2. The van der Waals surface area contributed by atoms with Gasteiger partial charge in [0.1, 0.15) is 0 Å². The van der Waals surface area contributed by atoms with E-state index in [0.29, 0.717) is 34.2 Å². The Morgan fingerprint density at radius 1 is 1.06 bits per heavy atom. The molecule has 0 aromatic heterocycles. The predicted molar refractivity (Wildman–Crippen MR) is 128 cm³/mol. The Bertz CT molecular complexity index is 791. The largest absolute Gasteiger partial charge is 0.396 e. The van der Waals surface area contributed by atoms with Crippen molar-refractivity contribution in [1.82, 2.24) is 0 Å². The first-order chi connectivity index (χ1) is 15.4. The summed E-state index contributed by atoms with van der Waals surface area (Å²) in [5.74, 6) is 4.31. The molecule has 0 aliphatic heterocycles. The maximum absolute atomic E-state index is 9.78. The van der Waals surface area contributed by atoms with Crippen molar-refractivity contribution < 1.29 is 12.6 Å². The fourth-order valence-electron chi connectivity index (χ4n) is 10.3. The summed E-state index contributed by atoms with van der Waals surface area (Å²) >= 11 is 0. The van der Waals surface area contributed by atoms with Gasteiger partial charge in [0.2, 0.25) is 0 Å². The van der Waals surface area contributed by atoms with Gasteiger partial charge in [0, 0.05) is 19.1 Å². The summed E-state index contributed by atoms with van der Waals surface area (Å²) in [4.78, 5) is 0. The highest BCUT2D eigenvalue weighted by Gasteiger charge is 2.77. The van der Waals surface area contributed by atoms with Crippen molar-refractivity contribution >= 4 is 0 Å². The van der Waals surface area contributed by atoms with Gasteiger partial charge in [0.25, 0.3) is 0 Å². The molecule has 12 atom stereocenters. The van der Waals surface area contributed by atoms with Crippen LogP contribution in [-0.4, -0.2) is 24.9 Å². The van der Waals surface area contributed by atoms with Crippen LogP contribution in [0.3, 0.4) is 0 Å². The molecule has 5 fully saturated rings. The van der Waals surface area contributed by atoms with Crippen LogP contribution < -0.4 is 0 Å². The van der Waals surface area contributed by atoms with Crippen molar-refractivity contribution in [2.75, 3.05) is 13.7 Å². The van der Waals surface area contributed by atoms with Crippen molar-refractivity contribution in [3.05, 3.63) is 12.2 Å². The van der Waals surface area contributed by atoms with Crippen LogP contribution in [0.15, 0.2) is 12.2 Å². The molecular weight excluding hydrogens is 380 g/mol. The normalized spacial score (nSPS) is 54.8. The van der Waals surface area contributed by atoms with Crippen LogP contribution in [0.2, 0.25) is 0 Å². The standard InChI is InChI=1S/C29H48O2/c1-18(20(3)17-30)7-8-19(2)23-9-10-24-22-15-26(31-6)29-16-21(29)11-14-28(29,5)25(22)12-13-27(23,24)4/h7-8,18-26,30H,9-17H2,1-6H3/b8-7+/t18-,19+,20?,21+,22-,23+,24-,25-,26+,27+,28+,29-/m0/s1/i17D2. The monoisotopic (exact) mass is 430 g/mol. The zero-order chi connectivity index (χ0) is 24.0. The molecule has 0 heterocycles. The highest BCUT2D eigenvalue weighted by atomic mass is 16.5. The van der Waals surface area contributed by atoms with Gasteiger partial charge < -0.3 is 9.84 Å². The molecule has 0 aromatic carbocycles. The highest BCUT2D eigenvalue weighted by Crippen LogP contribution is 2.82. The number of rotatable bonds is 6. The van der Waals surface area contributed by atoms with E-state index in [1.807, 2.05) is 21.0 Å². The minimum Gasteiger partial charge on any atom is -0.396 e. The summed E-state index contributed by atoms with van der Waals surface area (Å²) in [6.45, 7) is 9.37. The molecule has 2 nitrogen and oxygen atoms in total. The second-order valence-electron chi connectivity index (χ2n) is 13.0. The van der Waals surface area contributed by atoms with Gasteiger partial charge in [-0.15, -0.1) is 0 Å². The van der Waals surface area contributed by atoms with Crippen LogP contribution in [0.5, 0.6) is 0 Å². The Kier molecular flexibility index (Phi) is 4.91. The van der Waals surface area contributed by atoms with Gasteiger partial charge >= 0.3 is 0 Å². The number of ether oxygens (including phenoxy) is 1. The molecule has 0 bridgehead atoms. The lowest BCUT2D eigenvalue weighted by molar-refractivity contribution is -0.160. The molecule has 5 saturated carbocycles. The molecule has 2 heteroatoms. The summed E-state index contributed by atoms with van der Waals surface area (Å²) in [5, 5.41) is 9.78. The second kappa shape index (κ2) is 7.59. The van der Waals surface area contributed by atoms with Crippen LogP contribution in [0.4, 0.5) is 0 Å². The minimum atomic E-state index is -2.12. The quantitative estimate of drug-likeness (QED) is 0.474. The Balaban J connectivity index is 1.34. The highest BCUT2D eigenvalue weighted by molar-refractivity contribution is 5.26. The molecule has 1 N–H and O–H groups in total. The zero-order valence-electron chi connectivity index (χ0n) is 22.9. The lowest BCUT2D eigenvalue weighted by Gasteiger charge is -2.61. The van der Waals surface area contributed by atoms with Crippen molar-refractivity contribution in [2.45, 2.75) is 92.1 Å². The number of methoxy groups -OCH3 is 1. The van der Waals surface area contributed by atoms with Gasteiger partial charge in [-0.2, -0.15) is 0 Å². The fourth-order valence-corrected chi connectivity index (χ4v) is 10.3. The molecule has 176 valence electrons. The van der Waals surface area contributed by atoms with Crippen molar-refractivity contribution in [2.24, 2.45) is 63.6 Å². The van der Waals surface area contributed by atoms with E-state index in [2.05, 4.69) is 32.9 Å². The maximum Gasteiger partial charge on any atom is 0.0638 e. The molecule has 5 rings (SSSR count). The van der Waals surface area contributed by atoms with Crippen LogP contribution in [-0.2, 0) is 4.74 Å². The molecule has 5 aliphatic carbocycles. The van der Waals surface area contributed by atoms with E-state index < -0.39 is 12.5 Å². The molecule has 0 aromatic rings. The average Bonchev–Trinajstić information content (AvgIpc) is 3.26. The smallest absolute Gasteiger partial charge is 0.0638 e. The molecule has 1 unspecified atom stereocenters. The average molecular weight is 431 g/mol. The van der Waals surface area contributed by atoms with E-state index in [9.17, 15) is 5.11 Å². The third kappa shape index (κ3) is 2.95. The number of aliphatic hydroxyl groups is 1. The van der Waals surface area contributed by atoms with Gasteiger partial charge in [-0.05, 0) is 110 Å². The Hall–Kier alpha value is -0.340. The third-order valence-electron chi connectivity index (χ3n) is 12.2. The van der Waals surface area contributed by atoms with E-state index in [0.717, 1.165) is 23.7 Å². The van der Waals surface area contributed by atoms with Gasteiger partial charge in [-0.1, -0.05) is 46.8 Å². The third-order valence-corrected chi connectivity index (χ3v) is 12.2. The first-order valence-electron chi connectivity index (χ1n) is 14.3. The molecule has 5 aliphatic rings. The summed E-state index contributed by atoms with van der Waals surface area (Å²) < 4.78 is 21.6. The van der Waals surface area contributed by atoms with Gasteiger partial charge in [0.15, 0.2) is 0 Å². The molecule has 31 heavy (non-hydrogen) atoms. The van der Waals surface area contributed by atoms with Crippen LogP contribution >= 0.6 is 0 Å². The molecule has 0 amide bonds. The Morgan fingerprint density at radius 3 is 2.52 bits per heavy atom. The summed E-state index contributed by atoms with van der Waals surface area (Å²) in [6.07, 6.45) is 16.1. The van der Waals surface area contributed by atoms with Crippen LogP contribution in [0, 0.1) is 63.6 Å². The van der Waals surface area contributed by atoms with E-state index >= 15 is 0 Å². The van der Waals surface area contributed by atoms with E-state index in [1.165, 1.54) is 51.4 Å². The van der Waals surface area contributed by atoms with Crippen molar-refractivity contribution in [1.29, 1.82) is 0 Å². The molecule has 0 saturated heterocycles. The van der Waals surface area contributed by atoms with Crippen molar-refractivity contribution in [3.8, 4) is 0 Å². The van der Waals surface area contributed by atoms with E-state index in [1.54, 1.807) is 0 Å². The lowest BCUT2D eigenvalue weighted by atomic mass is 9.45. The number of fused-ring (bicyclic) bond motifs is 4. The molecule has 1 spiro atoms. The van der Waals surface area contributed by atoms with E-state index in [4.69, 9.17) is 7.48 Å². The Labute approximate surface area is 194 Å². The molecular formula is C29H48O2. The first-order valence-corrected chi connectivity index (χ1v) is 13.3. The van der Waals surface area contributed by atoms with Gasteiger partial charge in [-0.25, -0.2) is 0 Å². The fraction of sp³-hybridized carbons (Fsp3) is 0.931. The summed E-state index contributed by atoms with van der Waals surface area (Å²) in [7, 11) is 1.98. The Morgan fingerprint density at radius 2 is 1.84 bits per heavy atom. The summed E-state index contributed by atoms with van der Waals surface area (Å²) in [5.41, 5.74) is 1.42. The number of hydrogen-bond donors (Lipinski definition) is 1. The SMILES string of the molecule is [2H]C([2H])(O)C(C)[C@@H](C)/C=C/[C@@H](C)[C@H]1CC[C@H]2[C@@H]3C[C@@H](OC)[C@]45C[C@H]4CC[C@]5(C)[C@H]3CC[C@]12C. The second-order valence-corrected chi connectivity index (χ2v) is 13.0. The van der Waals surface area contributed by atoms with Crippen LogP contribution in [0.1, 0.15) is 88.7 Å². The topological polar surface area (TPSA) is 29.5 Å². The maximum atomic E-state index is 9.78. The van der Waals surface area contributed by atoms with Crippen LogP contribution in [0.25, 0.3) is 0 Å². The first kappa shape index (κ1) is 20.1.